The fraction of sp³-hybridized carbons (Fsp3) is 0.714. The Hall–Kier alpha value is -0.930. The van der Waals surface area contributed by atoms with Crippen LogP contribution in [0.15, 0.2) is 11.7 Å². The van der Waals surface area contributed by atoms with Crippen LogP contribution in [0.5, 0.6) is 0 Å². The third-order valence-corrected chi connectivity index (χ3v) is 1.65. The fourth-order valence-corrected chi connectivity index (χ4v) is 0.666. The minimum absolute atomic E-state index is 0.101. The first-order chi connectivity index (χ1) is 7.26. The van der Waals surface area contributed by atoms with E-state index in [1.54, 1.807) is 0 Å². The molecule has 10 heteroatoms. The van der Waals surface area contributed by atoms with Crippen LogP contribution in [0.25, 0.3) is 0 Å². The SMILES string of the molecule is CC(F)C(F)(F)C(F)(F)/C(F)=C(\F)C(O)(F)F. The molecule has 0 amide bonds. The van der Waals surface area contributed by atoms with Gasteiger partial charge in [0.1, 0.15) is 0 Å². The van der Waals surface area contributed by atoms with Crippen LogP contribution in [0.1, 0.15) is 6.92 Å². The van der Waals surface area contributed by atoms with E-state index in [0.717, 1.165) is 0 Å². The van der Waals surface area contributed by atoms with Gasteiger partial charge in [-0.1, -0.05) is 0 Å². The predicted molar refractivity (Wildman–Crippen MR) is 36.9 cm³/mol. The zero-order valence-electron chi connectivity index (χ0n) is 7.93. The van der Waals surface area contributed by atoms with Crippen molar-refractivity contribution in [2.75, 3.05) is 0 Å². The molecule has 0 aromatic rings. The van der Waals surface area contributed by atoms with Crippen LogP contribution in [-0.4, -0.2) is 29.2 Å². The van der Waals surface area contributed by atoms with Crippen molar-refractivity contribution in [2.24, 2.45) is 0 Å². The van der Waals surface area contributed by atoms with Crippen LogP contribution in [0.2, 0.25) is 0 Å². The minimum atomic E-state index is -6.16. The standard InChI is InChI=1S/C7H5F9O/c1-2(8)5(11,12)6(13,14)3(9)4(10)7(15,16)17/h2,17H,1H3/b4-3+. The first-order valence-corrected chi connectivity index (χ1v) is 3.82. The molecule has 0 aromatic carbocycles. The summed E-state index contributed by atoms with van der Waals surface area (Å²) in [4.78, 5) is 0. The predicted octanol–water partition coefficient (Wildman–Crippen LogP) is 3.35. The zero-order valence-corrected chi connectivity index (χ0v) is 7.93. The molecule has 0 spiro atoms. The van der Waals surface area contributed by atoms with E-state index in [0.29, 0.717) is 0 Å². The van der Waals surface area contributed by atoms with E-state index >= 15 is 0 Å². The summed E-state index contributed by atoms with van der Waals surface area (Å²) in [6.07, 6.45) is -9.34. The van der Waals surface area contributed by atoms with Crippen molar-refractivity contribution in [3.63, 3.8) is 0 Å². The number of aliphatic hydroxyl groups is 1. The molecule has 1 N–H and O–H groups in total. The van der Waals surface area contributed by atoms with Gasteiger partial charge in [0.2, 0.25) is 11.7 Å². The lowest BCUT2D eigenvalue weighted by atomic mass is 10.1. The minimum Gasteiger partial charge on any atom is -0.330 e. The highest BCUT2D eigenvalue weighted by atomic mass is 19.3. The first kappa shape index (κ1) is 16.1. The van der Waals surface area contributed by atoms with Crippen LogP contribution < -0.4 is 0 Å². The number of hydrogen-bond acceptors (Lipinski definition) is 1. The van der Waals surface area contributed by atoms with Crippen molar-refractivity contribution in [3.8, 4) is 0 Å². The molecule has 102 valence electrons. The number of alkyl halides is 7. The number of rotatable bonds is 4. The Bertz CT molecular complexity index is 314. The maximum atomic E-state index is 12.5. The van der Waals surface area contributed by atoms with E-state index in [4.69, 9.17) is 5.11 Å². The number of halogens is 9. The van der Waals surface area contributed by atoms with E-state index in [-0.39, 0.29) is 6.92 Å². The quantitative estimate of drug-likeness (QED) is 0.781. The Balaban J connectivity index is 5.64. The third kappa shape index (κ3) is 2.85. The molecule has 0 saturated carbocycles. The largest absolute Gasteiger partial charge is 0.409 e. The number of hydrogen-bond donors (Lipinski definition) is 1. The van der Waals surface area contributed by atoms with E-state index in [1.807, 2.05) is 0 Å². The van der Waals surface area contributed by atoms with E-state index < -0.39 is 35.8 Å². The molecule has 0 heterocycles. The van der Waals surface area contributed by atoms with Gasteiger partial charge in [-0.25, -0.2) is 8.78 Å². The molecular weight excluding hydrogens is 271 g/mol. The highest BCUT2D eigenvalue weighted by molar-refractivity contribution is 5.18. The Kier molecular flexibility index (Phi) is 4.15. The smallest absolute Gasteiger partial charge is 0.330 e. The summed E-state index contributed by atoms with van der Waals surface area (Å²) in [6.45, 7) is -0.101. The molecule has 1 unspecified atom stereocenters. The summed E-state index contributed by atoms with van der Waals surface area (Å²) >= 11 is 0. The van der Waals surface area contributed by atoms with Crippen molar-refractivity contribution < 1.29 is 44.6 Å². The van der Waals surface area contributed by atoms with Gasteiger partial charge in [-0.2, -0.15) is 30.7 Å². The molecule has 0 bridgehead atoms. The molecule has 17 heavy (non-hydrogen) atoms. The van der Waals surface area contributed by atoms with Crippen molar-refractivity contribution in [1.82, 2.24) is 0 Å². The number of allylic oxidation sites excluding steroid dienone is 1. The van der Waals surface area contributed by atoms with Crippen LogP contribution in [-0.2, 0) is 0 Å². The third-order valence-electron chi connectivity index (χ3n) is 1.65. The van der Waals surface area contributed by atoms with Crippen LogP contribution in [0.3, 0.4) is 0 Å². The molecule has 0 saturated heterocycles. The topological polar surface area (TPSA) is 20.2 Å². The van der Waals surface area contributed by atoms with E-state index in [2.05, 4.69) is 0 Å². The lowest BCUT2D eigenvalue weighted by molar-refractivity contribution is -0.231. The van der Waals surface area contributed by atoms with Gasteiger partial charge in [0.05, 0.1) is 0 Å². The molecule has 0 rings (SSSR count). The van der Waals surface area contributed by atoms with E-state index in [9.17, 15) is 39.5 Å². The average molecular weight is 276 g/mol. The Morgan fingerprint density at radius 3 is 1.53 bits per heavy atom. The summed E-state index contributed by atoms with van der Waals surface area (Å²) in [5.41, 5.74) is 0. The van der Waals surface area contributed by atoms with Crippen molar-refractivity contribution in [3.05, 3.63) is 11.7 Å². The second kappa shape index (κ2) is 4.39. The maximum absolute atomic E-state index is 12.5. The normalized spacial score (nSPS) is 17.8. The van der Waals surface area contributed by atoms with E-state index in [1.165, 1.54) is 0 Å². The van der Waals surface area contributed by atoms with Gasteiger partial charge in [-0.15, -0.1) is 0 Å². The zero-order chi connectivity index (χ0) is 14.2. The first-order valence-electron chi connectivity index (χ1n) is 3.82. The summed E-state index contributed by atoms with van der Waals surface area (Å²) in [6, 6.07) is 0. The lowest BCUT2D eigenvalue weighted by Crippen LogP contribution is -2.48. The summed E-state index contributed by atoms with van der Waals surface area (Å²) in [7, 11) is 0. The molecule has 0 aromatic heterocycles. The summed E-state index contributed by atoms with van der Waals surface area (Å²) in [5, 5.41) is 7.55. The van der Waals surface area contributed by atoms with Crippen LogP contribution in [0, 0.1) is 0 Å². The Morgan fingerprint density at radius 1 is 0.941 bits per heavy atom. The average Bonchev–Trinajstić information content (AvgIpc) is 2.13. The molecule has 0 aliphatic rings. The molecule has 0 aliphatic carbocycles. The monoisotopic (exact) mass is 276 g/mol. The molecule has 0 radical (unpaired) electrons. The molecule has 1 nitrogen and oxygen atoms in total. The summed E-state index contributed by atoms with van der Waals surface area (Å²) in [5.74, 6) is -19.6. The molecule has 0 fully saturated rings. The van der Waals surface area contributed by atoms with Gasteiger partial charge in [0, 0.05) is 0 Å². The van der Waals surface area contributed by atoms with Gasteiger partial charge in [0.15, 0.2) is 6.17 Å². The second-order valence-corrected chi connectivity index (χ2v) is 2.98. The van der Waals surface area contributed by atoms with Gasteiger partial charge in [-0.3, -0.25) is 0 Å². The van der Waals surface area contributed by atoms with Crippen molar-refractivity contribution in [1.29, 1.82) is 0 Å². The molecule has 0 aliphatic heterocycles. The Morgan fingerprint density at radius 2 is 1.29 bits per heavy atom. The van der Waals surface area contributed by atoms with Crippen LogP contribution in [0.4, 0.5) is 39.5 Å². The van der Waals surface area contributed by atoms with Gasteiger partial charge < -0.3 is 5.11 Å². The summed E-state index contributed by atoms with van der Waals surface area (Å²) < 4.78 is 110. The highest BCUT2D eigenvalue weighted by Crippen LogP contribution is 2.46. The molecule has 1 atom stereocenters. The fourth-order valence-electron chi connectivity index (χ4n) is 0.666. The lowest BCUT2D eigenvalue weighted by Gasteiger charge is -2.26. The van der Waals surface area contributed by atoms with Gasteiger partial charge >= 0.3 is 18.0 Å². The maximum Gasteiger partial charge on any atom is 0.409 e. The Labute approximate surface area is 88.5 Å². The second-order valence-electron chi connectivity index (χ2n) is 2.98. The van der Waals surface area contributed by atoms with Crippen molar-refractivity contribution >= 4 is 0 Å². The van der Waals surface area contributed by atoms with Crippen molar-refractivity contribution in [2.45, 2.75) is 31.0 Å². The molecular formula is C7H5F9O. The highest BCUT2D eigenvalue weighted by Gasteiger charge is 2.65. The van der Waals surface area contributed by atoms with Gasteiger partial charge in [0.25, 0.3) is 0 Å². The van der Waals surface area contributed by atoms with Crippen LogP contribution >= 0.6 is 0 Å². The van der Waals surface area contributed by atoms with Gasteiger partial charge in [-0.05, 0) is 6.92 Å².